The highest BCUT2D eigenvalue weighted by molar-refractivity contribution is 7.89. The highest BCUT2D eigenvalue weighted by Crippen LogP contribution is 2.44. The third-order valence-corrected chi connectivity index (χ3v) is 7.38. The molecule has 2 fully saturated rings. The van der Waals surface area contributed by atoms with Crippen molar-refractivity contribution in [2.45, 2.75) is 49.4 Å². The van der Waals surface area contributed by atoms with Gasteiger partial charge in [-0.2, -0.15) is 4.31 Å². The van der Waals surface area contributed by atoms with Gasteiger partial charge in [0.25, 0.3) is 0 Å². The summed E-state index contributed by atoms with van der Waals surface area (Å²) in [7, 11) is -3.41. The van der Waals surface area contributed by atoms with Crippen molar-refractivity contribution in [3.05, 3.63) is 29.8 Å². The molecule has 1 saturated heterocycles. The highest BCUT2D eigenvalue weighted by atomic mass is 35.5. The molecule has 0 N–H and O–H groups in total. The van der Waals surface area contributed by atoms with Crippen LogP contribution in [0.25, 0.3) is 0 Å². The lowest BCUT2D eigenvalue weighted by molar-refractivity contribution is 0.249. The summed E-state index contributed by atoms with van der Waals surface area (Å²) in [6.45, 7) is 4.68. The van der Waals surface area contributed by atoms with Gasteiger partial charge >= 0.3 is 0 Å². The number of alkyl halides is 1. The molecule has 1 aromatic rings. The molecule has 1 aliphatic carbocycles. The average molecular weight is 328 g/mol. The minimum absolute atomic E-state index is 0.0718. The molecule has 0 amide bonds. The summed E-state index contributed by atoms with van der Waals surface area (Å²) in [6.07, 6.45) is 2.96. The average Bonchev–Trinajstić information content (AvgIpc) is 2.79. The topological polar surface area (TPSA) is 37.4 Å². The molecule has 0 unspecified atom stereocenters. The summed E-state index contributed by atoms with van der Waals surface area (Å²) in [6, 6.07) is 7.21. The summed E-state index contributed by atoms with van der Waals surface area (Å²) in [5, 5.41) is 0.108. The predicted octanol–water partition coefficient (Wildman–Crippen LogP) is 3.41. The molecule has 0 radical (unpaired) electrons. The molecule has 0 aromatic heterocycles. The Labute approximate surface area is 132 Å². The zero-order chi connectivity index (χ0) is 15.2. The minimum Gasteiger partial charge on any atom is -0.207 e. The first-order valence-electron chi connectivity index (χ1n) is 7.64. The molecular weight excluding hydrogens is 306 g/mol. The number of aryl methyl sites for hydroxylation is 1. The van der Waals surface area contributed by atoms with Crippen LogP contribution in [0.4, 0.5) is 0 Å². The summed E-state index contributed by atoms with van der Waals surface area (Å²) >= 11 is 6.47. The van der Waals surface area contributed by atoms with E-state index in [-0.39, 0.29) is 11.4 Å². The zero-order valence-electron chi connectivity index (χ0n) is 12.5. The van der Waals surface area contributed by atoms with Crippen molar-refractivity contribution in [2.24, 2.45) is 11.8 Å². The largest absolute Gasteiger partial charge is 0.243 e. The first-order valence-corrected chi connectivity index (χ1v) is 9.51. The maximum Gasteiger partial charge on any atom is 0.243 e. The van der Waals surface area contributed by atoms with Gasteiger partial charge in [0.15, 0.2) is 0 Å². The van der Waals surface area contributed by atoms with Crippen LogP contribution in [0.2, 0.25) is 0 Å². The van der Waals surface area contributed by atoms with Crippen LogP contribution < -0.4 is 0 Å². The fourth-order valence-corrected chi connectivity index (χ4v) is 6.24. The van der Waals surface area contributed by atoms with Gasteiger partial charge in [0.2, 0.25) is 10.0 Å². The molecule has 1 saturated carbocycles. The smallest absolute Gasteiger partial charge is 0.207 e. The van der Waals surface area contributed by atoms with Crippen LogP contribution in [0.3, 0.4) is 0 Å². The quantitative estimate of drug-likeness (QED) is 0.781. The predicted molar refractivity (Wildman–Crippen MR) is 85.0 cm³/mol. The van der Waals surface area contributed by atoms with Crippen LogP contribution >= 0.6 is 11.6 Å². The van der Waals surface area contributed by atoms with Gasteiger partial charge in [0.05, 0.1) is 4.90 Å². The lowest BCUT2D eigenvalue weighted by Crippen LogP contribution is -2.42. The van der Waals surface area contributed by atoms with Gasteiger partial charge in [-0.05, 0) is 43.7 Å². The number of sulfonamides is 1. The Kier molecular flexibility index (Phi) is 4.06. The first-order chi connectivity index (χ1) is 9.91. The highest BCUT2D eigenvalue weighted by Gasteiger charge is 2.49. The first kappa shape index (κ1) is 15.3. The van der Waals surface area contributed by atoms with E-state index >= 15 is 0 Å². The van der Waals surface area contributed by atoms with Crippen LogP contribution in [-0.4, -0.2) is 30.7 Å². The van der Waals surface area contributed by atoms with Crippen molar-refractivity contribution in [2.75, 3.05) is 6.54 Å². The maximum atomic E-state index is 12.9. The van der Waals surface area contributed by atoms with Crippen LogP contribution in [-0.2, 0) is 10.0 Å². The fourth-order valence-electron chi connectivity index (χ4n) is 3.88. The monoisotopic (exact) mass is 327 g/mol. The Morgan fingerprint density at radius 1 is 1.19 bits per heavy atom. The molecule has 4 atom stereocenters. The van der Waals surface area contributed by atoms with Crippen molar-refractivity contribution in [1.82, 2.24) is 4.31 Å². The standard InChI is InChI=1S/C16H22ClNO2S/c1-11-6-8-13(9-7-11)21(19,20)18-10-12(2)16-14(17)4-3-5-15(16)18/h6-9,12,14-16H,3-5,10H2,1-2H3/t12-,14-,15+,16-/m0/s1. The molecule has 2 aliphatic rings. The minimum atomic E-state index is -3.41. The van der Waals surface area contributed by atoms with Crippen LogP contribution in [0, 0.1) is 18.8 Å². The number of benzene rings is 1. The molecule has 3 rings (SSSR count). The Morgan fingerprint density at radius 3 is 2.52 bits per heavy atom. The fraction of sp³-hybridized carbons (Fsp3) is 0.625. The maximum absolute atomic E-state index is 12.9. The van der Waals surface area contributed by atoms with Crippen LogP contribution in [0.5, 0.6) is 0 Å². The number of nitrogens with zero attached hydrogens (tertiary/aromatic N) is 1. The molecule has 5 heteroatoms. The third-order valence-electron chi connectivity index (χ3n) is 4.96. The van der Waals surface area contributed by atoms with Gasteiger partial charge in [0, 0.05) is 18.0 Å². The molecule has 0 bridgehead atoms. The normalized spacial score (nSPS) is 33.9. The SMILES string of the molecule is Cc1ccc(S(=O)(=O)N2C[C@H](C)[C@@H]3[C@H]2CCC[C@@H]3Cl)cc1. The van der Waals surface area contributed by atoms with Gasteiger partial charge in [0.1, 0.15) is 0 Å². The molecular formula is C16H22ClNO2S. The van der Waals surface area contributed by atoms with Gasteiger partial charge in [-0.1, -0.05) is 31.0 Å². The number of rotatable bonds is 2. The van der Waals surface area contributed by atoms with E-state index in [1.807, 2.05) is 19.1 Å². The Bertz CT molecular complexity index is 614. The second-order valence-electron chi connectivity index (χ2n) is 6.46. The van der Waals surface area contributed by atoms with Crippen molar-refractivity contribution in [1.29, 1.82) is 0 Å². The van der Waals surface area contributed by atoms with Crippen molar-refractivity contribution in [3.8, 4) is 0 Å². The van der Waals surface area contributed by atoms with Crippen molar-refractivity contribution >= 4 is 21.6 Å². The third kappa shape index (κ3) is 2.62. The lowest BCUT2D eigenvalue weighted by Gasteiger charge is -2.34. The molecule has 1 heterocycles. The summed E-state index contributed by atoms with van der Waals surface area (Å²) in [4.78, 5) is 0.401. The Morgan fingerprint density at radius 2 is 1.86 bits per heavy atom. The molecule has 1 aromatic carbocycles. The van der Waals surface area contributed by atoms with E-state index in [0.717, 1.165) is 24.8 Å². The Hall–Kier alpha value is -0.580. The van der Waals surface area contributed by atoms with Crippen molar-refractivity contribution < 1.29 is 8.42 Å². The van der Waals surface area contributed by atoms with E-state index in [1.165, 1.54) is 0 Å². The summed E-state index contributed by atoms with van der Waals surface area (Å²) in [5.41, 5.74) is 1.07. The summed E-state index contributed by atoms with van der Waals surface area (Å²) in [5.74, 6) is 0.624. The number of fused-ring (bicyclic) bond motifs is 1. The second kappa shape index (κ2) is 5.56. The van der Waals surface area contributed by atoms with Crippen LogP contribution in [0.15, 0.2) is 29.2 Å². The second-order valence-corrected chi connectivity index (χ2v) is 8.91. The van der Waals surface area contributed by atoms with E-state index in [9.17, 15) is 8.42 Å². The molecule has 1 aliphatic heterocycles. The lowest BCUT2D eigenvalue weighted by atomic mass is 9.80. The Balaban J connectivity index is 1.94. The van der Waals surface area contributed by atoms with Crippen LogP contribution in [0.1, 0.15) is 31.7 Å². The zero-order valence-corrected chi connectivity index (χ0v) is 14.1. The number of hydrogen-bond acceptors (Lipinski definition) is 2. The number of halogens is 1. The van der Waals surface area contributed by atoms with Gasteiger partial charge in [-0.25, -0.2) is 8.42 Å². The van der Waals surface area contributed by atoms with E-state index in [2.05, 4.69) is 6.92 Å². The molecule has 3 nitrogen and oxygen atoms in total. The van der Waals surface area contributed by atoms with Gasteiger partial charge in [-0.15, -0.1) is 11.6 Å². The molecule has 21 heavy (non-hydrogen) atoms. The number of hydrogen-bond donors (Lipinski definition) is 0. The van der Waals surface area contributed by atoms with Gasteiger partial charge < -0.3 is 0 Å². The molecule has 116 valence electrons. The summed E-state index contributed by atoms with van der Waals surface area (Å²) < 4.78 is 27.6. The van der Waals surface area contributed by atoms with Gasteiger partial charge in [-0.3, -0.25) is 0 Å². The van der Waals surface area contributed by atoms with E-state index < -0.39 is 10.0 Å². The molecule has 0 spiro atoms. The van der Waals surface area contributed by atoms with E-state index in [1.54, 1.807) is 16.4 Å². The van der Waals surface area contributed by atoms with E-state index in [0.29, 0.717) is 23.3 Å². The van der Waals surface area contributed by atoms with E-state index in [4.69, 9.17) is 11.6 Å². The van der Waals surface area contributed by atoms with Crippen molar-refractivity contribution in [3.63, 3.8) is 0 Å².